The third-order valence-electron chi connectivity index (χ3n) is 4.17. The van der Waals surface area contributed by atoms with Gasteiger partial charge in [-0.2, -0.15) is 0 Å². The van der Waals surface area contributed by atoms with E-state index in [0.29, 0.717) is 12.1 Å². The van der Waals surface area contributed by atoms with Gasteiger partial charge in [0.05, 0.1) is 6.54 Å². The summed E-state index contributed by atoms with van der Waals surface area (Å²) < 4.78 is 0. The van der Waals surface area contributed by atoms with Gasteiger partial charge in [-0.15, -0.1) is 0 Å². The Hall–Kier alpha value is -2.91. The number of benzene rings is 3. The monoisotopic (exact) mass is 315 g/mol. The van der Waals surface area contributed by atoms with E-state index in [1.807, 2.05) is 84.9 Å². The fraction of sp³-hybridized carbons (Fsp3) is 0.0952. The predicted molar refractivity (Wildman–Crippen MR) is 94.4 cm³/mol. The molecule has 118 valence electrons. The highest BCUT2D eigenvalue weighted by Crippen LogP contribution is 2.25. The van der Waals surface area contributed by atoms with Crippen molar-refractivity contribution in [2.75, 3.05) is 6.54 Å². The molecule has 0 aromatic heterocycles. The summed E-state index contributed by atoms with van der Waals surface area (Å²) in [5, 5.41) is 3.60. The summed E-state index contributed by atoms with van der Waals surface area (Å²) in [6.07, 6.45) is 3.73. The molecular weight excluding hydrogens is 298 g/mol. The Labute approximate surface area is 140 Å². The van der Waals surface area contributed by atoms with Crippen molar-refractivity contribution in [1.29, 1.82) is 0 Å². The zero-order valence-corrected chi connectivity index (χ0v) is 13.1. The van der Waals surface area contributed by atoms with Crippen molar-refractivity contribution >= 4 is 16.7 Å². The SMILES string of the molecule is O=C(c1ccc2ccccc2c1)N1CC=CC(c2ccccc2)O1. The van der Waals surface area contributed by atoms with E-state index in [0.717, 1.165) is 16.3 Å². The van der Waals surface area contributed by atoms with Crippen LogP contribution >= 0.6 is 0 Å². The predicted octanol–water partition coefficient (Wildman–Crippen LogP) is 4.52. The fourth-order valence-corrected chi connectivity index (χ4v) is 2.91. The van der Waals surface area contributed by atoms with Crippen LogP contribution in [0.15, 0.2) is 84.9 Å². The van der Waals surface area contributed by atoms with Crippen LogP contribution in [0.5, 0.6) is 0 Å². The molecule has 24 heavy (non-hydrogen) atoms. The summed E-state index contributed by atoms with van der Waals surface area (Å²) in [5.74, 6) is -0.119. The Morgan fingerprint density at radius 3 is 2.50 bits per heavy atom. The highest BCUT2D eigenvalue weighted by atomic mass is 16.7. The number of hydrogen-bond acceptors (Lipinski definition) is 2. The van der Waals surface area contributed by atoms with Crippen LogP contribution in [-0.4, -0.2) is 17.5 Å². The van der Waals surface area contributed by atoms with Gasteiger partial charge in [-0.25, -0.2) is 5.06 Å². The van der Waals surface area contributed by atoms with Crippen LogP contribution in [0, 0.1) is 0 Å². The second-order valence-electron chi connectivity index (χ2n) is 5.79. The lowest BCUT2D eigenvalue weighted by Gasteiger charge is -2.28. The molecule has 3 aromatic rings. The average Bonchev–Trinajstić information content (AvgIpc) is 2.68. The second kappa shape index (κ2) is 6.30. The zero-order valence-electron chi connectivity index (χ0n) is 13.1. The molecule has 0 aliphatic carbocycles. The first-order valence-electron chi connectivity index (χ1n) is 8.00. The minimum Gasteiger partial charge on any atom is -0.267 e. The number of hydroxylamine groups is 2. The quantitative estimate of drug-likeness (QED) is 0.651. The molecule has 0 radical (unpaired) electrons. The van der Waals surface area contributed by atoms with Crippen LogP contribution in [0.3, 0.4) is 0 Å². The summed E-state index contributed by atoms with van der Waals surface area (Å²) in [4.78, 5) is 18.7. The van der Waals surface area contributed by atoms with Gasteiger partial charge in [-0.05, 0) is 28.5 Å². The smallest absolute Gasteiger partial charge is 0.267 e. The summed E-state index contributed by atoms with van der Waals surface area (Å²) in [5.41, 5.74) is 1.67. The van der Waals surface area contributed by atoms with Crippen LogP contribution < -0.4 is 0 Å². The van der Waals surface area contributed by atoms with Gasteiger partial charge >= 0.3 is 0 Å². The number of rotatable bonds is 2. The van der Waals surface area contributed by atoms with Gasteiger partial charge in [-0.1, -0.05) is 72.8 Å². The zero-order chi connectivity index (χ0) is 16.4. The van der Waals surface area contributed by atoms with Crippen molar-refractivity contribution in [2.24, 2.45) is 0 Å². The minimum atomic E-state index is -0.232. The molecule has 1 aliphatic rings. The van der Waals surface area contributed by atoms with E-state index in [1.165, 1.54) is 5.06 Å². The number of hydrogen-bond donors (Lipinski definition) is 0. The normalized spacial score (nSPS) is 17.2. The van der Waals surface area contributed by atoms with Crippen molar-refractivity contribution in [3.8, 4) is 0 Å². The Morgan fingerprint density at radius 2 is 1.67 bits per heavy atom. The van der Waals surface area contributed by atoms with Gasteiger partial charge in [0.1, 0.15) is 6.10 Å². The van der Waals surface area contributed by atoms with Gasteiger partial charge in [-0.3, -0.25) is 9.63 Å². The van der Waals surface area contributed by atoms with Crippen LogP contribution in [0.4, 0.5) is 0 Å². The average molecular weight is 315 g/mol. The summed E-state index contributed by atoms with van der Waals surface area (Å²) in [6.45, 7) is 0.453. The number of carbonyl (C=O) groups is 1. The molecule has 0 fully saturated rings. The van der Waals surface area contributed by atoms with Crippen LogP contribution in [-0.2, 0) is 4.84 Å². The van der Waals surface area contributed by atoms with Gasteiger partial charge < -0.3 is 0 Å². The van der Waals surface area contributed by atoms with E-state index in [9.17, 15) is 4.79 Å². The fourth-order valence-electron chi connectivity index (χ4n) is 2.91. The third-order valence-corrected chi connectivity index (χ3v) is 4.17. The van der Waals surface area contributed by atoms with Crippen molar-refractivity contribution in [2.45, 2.75) is 6.10 Å². The van der Waals surface area contributed by atoms with Gasteiger partial charge in [0, 0.05) is 5.56 Å². The molecule has 0 bridgehead atoms. The van der Waals surface area contributed by atoms with Crippen molar-refractivity contribution in [1.82, 2.24) is 5.06 Å². The summed E-state index contributed by atoms with van der Waals surface area (Å²) in [6, 6.07) is 23.6. The number of amides is 1. The van der Waals surface area contributed by atoms with E-state index < -0.39 is 0 Å². The van der Waals surface area contributed by atoms with E-state index in [1.54, 1.807) is 0 Å². The van der Waals surface area contributed by atoms with Gasteiger partial charge in [0.25, 0.3) is 5.91 Å². The maximum Gasteiger partial charge on any atom is 0.277 e. The maximum absolute atomic E-state index is 12.8. The maximum atomic E-state index is 12.8. The molecule has 3 heteroatoms. The molecule has 3 aromatic carbocycles. The van der Waals surface area contributed by atoms with E-state index in [4.69, 9.17) is 4.84 Å². The molecule has 1 atom stereocenters. The molecule has 1 unspecified atom stereocenters. The highest BCUT2D eigenvalue weighted by molar-refractivity contribution is 5.98. The van der Waals surface area contributed by atoms with Crippen molar-refractivity contribution < 1.29 is 9.63 Å². The van der Waals surface area contributed by atoms with E-state index in [2.05, 4.69) is 0 Å². The van der Waals surface area contributed by atoms with E-state index >= 15 is 0 Å². The first-order chi connectivity index (χ1) is 11.8. The lowest BCUT2D eigenvalue weighted by atomic mass is 10.1. The lowest BCUT2D eigenvalue weighted by Crippen LogP contribution is -2.34. The molecule has 3 nitrogen and oxygen atoms in total. The van der Waals surface area contributed by atoms with Gasteiger partial charge in [0.15, 0.2) is 0 Å². The van der Waals surface area contributed by atoms with Crippen molar-refractivity contribution in [3.05, 3.63) is 96.1 Å². The molecule has 4 rings (SSSR count). The Balaban J connectivity index is 1.58. The standard InChI is InChI=1S/C21H17NO2/c23-21(19-13-12-16-7-4-5-10-18(16)15-19)22-14-6-11-20(24-22)17-8-2-1-3-9-17/h1-13,15,20H,14H2. The molecule has 1 aliphatic heterocycles. The van der Waals surface area contributed by atoms with Gasteiger partial charge in [0.2, 0.25) is 0 Å². The third kappa shape index (κ3) is 2.82. The number of fused-ring (bicyclic) bond motifs is 1. The minimum absolute atomic E-state index is 0.119. The highest BCUT2D eigenvalue weighted by Gasteiger charge is 2.23. The second-order valence-corrected chi connectivity index (χ2v) is 5.79. The molecule has 1 heterocycles. The Morgan fingerprint density at radius 1 is 0.917 bits per heavy atom. The number of carbonyl (C=O) groups excluding carboxylic acids is 1. The molecule has 0 spiro atoms. The van der Waals surface area contributed by atoms with Crippen molar-refractivity contribution in [3.63, 3.8) is 0 Å². The summed E-state index contributed by atoms with van der Waals surface area (Å²) >= 11 is 0. The first kappa shape index (κ1) is 14.7. The Kier molecular flexibility index (Phi) is 3.85. The molecular formula is C21H17NO2. The van der Waals surface area contributed by atoms with Crippen LogP contribution in [0.2, 0.25) is 0 Å². The number of nitrogens with zero attached hydrogens (tertiary/aromatic N) is 1. The molecule has 0 saturated heterocycles. The summed E-state index contributed by atoms with van der Waals surface area (Å²) in [7, 11) is 0. The first-order valence-corrected chi connectivity index (χ1v) is 8.00. The topological polar surface area (TPSA) is 29.5 Å². The largest absolute Gasteiger partial charge is 0.277 e. The molecule has 1 amide bonds. The van der Waals surface area contributed by atoms with Crippen LogP contribution in [0.1, 0.15) is 22.0 Å². The molecule has 0 N–H and O–H groups in total. The van der Waals surface area contributed by atoms with E-state index in [-0.39, 0.29) is 12.0 Å². The Bertz CT molecular complexity index is 902. The van der Waals surface area contributed by atoms with Crippen LogP contribution in [0.25, 0.3) is 10.8 Å². The lowest BCUT2D eigenvalue weighted by molar-refractivity contribution is -0.151. The molecule has 0 saturated carbocycles.